The van der Waals surface area contributed by atoms with Crippen LogP contribution in [0, 0.1) is 11.6 Å². The fourth-order valence-corrected chi connectivity index (χ4v) is 3.23. The van der Waals surface area contributed by atoms with Gasteiger partial charge in [0.25, 0.3) is 0 Å². The number of hydrogen-bond donors (Lipinski definition) is 1. The van der Waals surface area contributed by atoms with Gasteiger partial charge in [-0.3, -0.25) is 9.69 Å². The molecule has 0 aliphatic carbocycles. The second kappa shape index (κ2) is 11.5. The summed E-state index contributed by atoms with van der Waals surface area (Å²) >= 11 is 0. The van der Waals surface area contributed by atoms with Crippen LogP contribution < -0.4 is 14.8 Å². The molecule has 0 aliphatic rings. The first-order valence-electron chi connectivity index (χ1n) is 10.2. The largest absolute Gasteiger partial charge is 0.493 e. The average molecular weight is 433 g/mol. The van der Waals surface area contributed by atoms with E-state index in [-0.39, 0.29) is 5.56 Å². The summed E-state index contributed by atoms with van der Waals surface area (Å²) in [6.07, 6.45) is 2.47. The lowest BCUT2D eigenvalue weighted by Crippen LogP contribution is -2.39. The van der Waals surface area contributed by atoms with Gasteiger partial charge in [-0.25, -0.2) is 8.78 Å². The molecular weight excluding hydrogens is 402 g/mol. The third kappa shape index (κ3) is 7.36. The third-order valence-corrected chi connectivity index (χ3v) is 4.74. The van der Waals surface area contributed by atoms with E-state index in [1.807, 2.05) is 0 Å². The van der Waals surface area contributed by atoms with Gasteiger partial charge in [-0.05, 0) is 58.0 Å². The number of carbonyl (C=O) groups excluding carboxylic acids is 1. The van der Waals surface area contributed by atoms with Crippen LogP contribution in [0.1, 0.15) is 33.3 Å². The Morgan fingerprint density at radius 3 is 2.39 bits per heavy atom. The minimum absolute atomic E-state index is 0.121. The Bertz CT molecular complexity index is 906. The number of amides is 1. The van der Waals surface area contributed by atoms with Crippen molar-refractivity contribution in [2.75, 3.05) is 25.6 Å². The molecule has 2 rings (SSSR count). The summed E-state index contributed by atoms with van der Waals surface area (Å²) in [5.74, 6) is -0.787. The van der Waals surface area contributed by atoms with Gasteiger partial charge in [0.2, 0.25) is 5.91 Å². The van der Waals surface area contributed by atoms with Gasteiger partial charge >= 0.3 is 0 Å². The van der Waals surface area contributed by atoms with Gasteiger partial charge in [0.15, 0.2) is 11.5 Å². The number of ether oxygens (including phenoxy) is 2. The van der Waals surface area contributed by atoms with E-state index in [1.165, 1.54) is 18.2 Å². The van der Waals surface area contributed by atoms with Crippen molar-refractivity contribution in [3.8, 4) is 11.5 Å². The molecule has 0 aliphatic heterocycles. The second-order valence-corrected chi connectivity index (χ2v) is 7.63. The summed E-state index contributed by atoms with van der Waals surface area (Å²) in [6, 6.07) is 9.03. The molecule has 0 radical (unpaired) electrons. The number of halogens is 2. The first kappa shape index (κ1) is 24.3. The zero-order valence-corrected chi connectivity index (χ0v) is 18.6. The summed E-state index contributed by atoms with van der Waals surface area (Å²) in [5, 5.41) is 2.70. The highest BCUT2D eigenvalue weighted by Gasteiger charge is 2.14. The first-order valence-corrected chi connectivity index (χ1v) is 10.2. The van der Waals surface area contributed by atoms with Crippen LogP contribution in [0.5, 0.6) is 11.5 Å². The Hall–Kier alpha value is -2.93. The molecule has 0 saturated heterocycles. The molecule has 0 unspecified atom stereocenters. The fraction of sp³-hybridized carbons (Fsp3) is 0.375. The molecule has 5 nitrogen and oxygen atoms in total. The van der Waals surface area contributed by atoms with Crippen molar-refractivity contribution >= 4 is 17.7 Å². The Balaban J connectivity index is 2.03. The maximum absolute atomic E-state index is 13.7. The minimum atomic E-state index is -0.735. The molecule has 2 aromatic rings. The van der Waals surface area contributed by atoms with Gasteiger partial charge < -0.3 is 14.8 Å². The molecule has 168 valence electrons. The van der Waals surface area contributed by atoms with Crippen LogP contribution in [0.3, 0.4) is 0 Å². The summed E-state index contributed by atoms with van der Waals surface area (Å²) in [4.78, 5) is 14.5. The molecule has 0 fully saturated rings. The highest BCUT2D eigenvalue weighted by atomic mass is 19.1. The number of hydrogen-bond acceptors (Lipinski definition) is 4. The lowest BCUT2D eigenvalue weighted by atomic mass is 10.2. The van der Waals surface area contributed by atoms with Gasteiger partial charge in [0, 0.05) is 48.1 Å². The first-order chi connectivity index (χ1) is 14.7. The van der Waals surface area contributed by atoms with Crippen LogP contribution in [-0.2, 0) is 4.79 Å². The predicted molar refractivity (Wildman–Crippen MR) is 119 cm³/mol. The molecule has 1 amide bonds. The van der Waals surface area contributed by atoms with Crippen molar-refractivity contribution in [1.29, 1.82) is 0 Å². The van der Waals surface area contributed by atoms with Crippen molar-refractivity contribution in [2.45, 2.75) is 39.8 Å². The average Bonchev–Trinajstić information content (AvgIpc) is 2.70. The van der Waals surface area contributed by atoms with Crippen LogP contribution in [-0.4, -0.2) is 43.2 Å². The Morgan fingerprint density at radius 2 is 1.77 bits per heavy atom. The number of methoxy groups -OCH3 is 1. The molecule has 0 aromatic heterocycles. The van der Waals surface area contributed by atoms with Gasteiger partial charge in [-0.2, -0.15) is 0 Å². The van der Waals surface area contributed by atoms with E-state index in [2.05, 4.69) is 37.9 Å². The zero-order chi connectivity index (χ0) is 23.0. The van der Waals surface area contributed by atoms with Crippen molar-refractivity contribution in [3.05, 3.63) is 59.7 Å². The van der Waals surface area contributed by atoms with Gasteiger partial charge in [0.1, 0.15) is 18.2 Å². The van der Waals surface area contributed by atoms with E-state index in [9.17, 15) is 13.6 Å². The van der Waals surface area contributed by atoms with Crippen molar-refractivity contribution in [2.24, 2.45) is 0 Å². The monoisotopic (exact) mass is 432 g/mol. The molecule has 0 saturated carbocycles. The van der Waals surface area contributed by atoms with E-state index in [1.54, 1.807) is 25.3 Å². The summed E-state index contributed by atoms with van der Waals surface area (Å²) < 4.78 is 37.9. The van der Waals surface area contributed by atoms with Crippen molar-refractivity contribution in [3.63, 3.8) is 0 Å². The van der Waals surface area contributed by atoms with E-state index in [0.717, 1.165) is 18.7 Å². The van der Waals surface area contributed by atoms with Crippen molar-refractivity contribution in [1.82, 2.24) is 4.90 Å². The summed E-state index contributed by atoms with van der Waals surface area (Å²) in [7, 11) is 1.55. The smallest absolute Gasteiger partial charge is 0.248 e. The lowest BCUT2D eigenvalue weighted by Gasteiger charge is -2.30. The number of carbonyl (C=O) groups is 1. The molecule has 2 aromatic carbocycles. The number of nitrogens with zero attached hydrogens (tertiary/aromatic N) is 1. The van der Waals surface area contributed by atoms with E-state index < -0.39 is 17.5 Å². The van der Waals surface area contributed by atoms with Crippen LogP contribution >= 0.6 is 0 Å². The Labute approximate surface area is 182 Å². The van der Waals surface area contributed by atoms with Gasteiger partial charge in [-0.15, -0.1) is 0 Å². The lowest BCUT2D eigenvalue weighted by molar-refractivity contribution is -0.111. The van der Waals surface area contributed by atoms with Crippen LogP contribution in [0.25, 0.3) is 6.08 Å². The minimum Gasteiger partial charge on any atom is -0.493 e. The van der Waals surface area contributed by atoms with E-state index >= 15 is 0 Å². The quantitative estimate of drug-likeness (QED) is 0.529. The third-order valence-electron chi connectivity index (χ3n) is 4.74. The van der Waals surface area contributed by atoms with Crippen LogP contribution in [0.2, 0.25) is 0 Å². The molecule has 0 spiro atoms. The van der Waals surface area contributed by atoms with Crippen molar-refractivity contribution < 1.29 is 23.0 Å². The zero-order valence-electron chi connectivity index (χ0n) is 18.6. The molecule has 1 N–H and O–H groups in total. The molecule has 7 heteroatoms. The fourth-order valence-electron chi connectivity index (χ4n) is 3.23. The predicted octanol–water partition coefficient (Wildman–Crippen LogP) is 5.12. The van der Waals surface area contributed by atoms with Crippen LogP contribution in [0.15, 0.2) is 42.5 Å². The number of nitrogens with one attached hydrogen (secondary N) is 1. The highest BCUT2D eigenvalue weighted by Crippen LogP contribution is 2.30. The molecule has 31 heavy (non-hydrogen) atoms. The second-order valence-electron chi connectivity index (χ2n) is 7.63. The Morgan fingerprint density at radius 1 is 1.06 bits per heavy atom. The van der Waals surface area contributed by atoms with Gasteiger partial charge in [0.05, 0.1) is 7.11 Å². The Kier molecular flexibility index (Phi) is 9.00. The maximum atomic E-state index is 13.7. The number of anilines is 1. The SMILES string of the molecule is COc1ccc(NC(=O)/C=C/c2ccc(F)cc2F)cc1OCCN(C(C)C)C(C)C. The summed E-state index contributed by atoms with van der Waals surface area (Å²) in [6.45, 7) is 9.78. The van der Waals surface area contributed by atoms with E-state index in [4.69, 9.17) is 9.47 Å². The van der Waals surface area contributed by atoms with E-state index in [0.29, 0.717) is 35.9 Å². The normalized spacial score (nSPS) is 11.5. The standard InChI is InChI=1S/C24H30F2N2O3/c1-16(2)28(17(3)4)12-13-31-23-15-20(9-10-22(23)30-5)27-24(29)11-7-18-6-8-19(25)14-21(18)26/h6-11,14-17H,12-13H2,1-5H3,(H,27,29)/b11-7+. The summed E-state index contributed by atoms with van der Waals surface area (Å²) in [5.41, 5.74) is 0.629. The number of benzene rings is 2. The molecular formula is C24H30F2N2O3. The van der Waals surface area contributed by atoms with Crippen LogP contribution in [0.4, 0.5) is 14.5 Å². The molecule has 0 atom stereocenters. The highest BCUT2D eigenvalue weighted by molar-refractivity contribution is 6.02. The maximum Gasteiger partial charge on any atom is 0.248 e. The number of rotatable bonds is 10. The molecule has 0 bridgehead atoms. The molecule has 0 heterocycles. The topological polar surface area (TPSA) is 50.8 Å². The van der Waals surface area contributed by atoms with Gasteiger partial charge in [-0.1, -0.05) is 0 Å².